The van der Waals surface area contributed by atoms with E-state index in [4.69, 9.17) is 12.2 Å². The fraction of sp³-hybridized carbons (Fsp3) is 0.0526. The second-order valence-electron chi connectivity index (χ2n) is 5.16. The molecule has 0 aromatic heterocycles. The summed E-state index contributed by atoms with van der Waals surface area (Å²) in [5, 5.41) is 10.4. The van der Waals surface area contributed by atoms with Gasteiger partial charge in [0.2, 0.25) is 0 Å². The summed E-state index contributed by atoms with van der Waals surface area (Å²) < 4.78 is 0. The van der Waals surface area contributed by atoms with E-state index in [1.54, 1.807) is 0 Å². The van der Waals surface area contributed by atoms with Crippen molar-refractivity contribution in [2.75, 3.05) is 5.32 Å². The highest BCUT2D eigenvalue weighted by atomic mass is 32.1. The second kappa shape index (κ2) is 7.03. The zero-order valence-corrected chi connectivity index (χ0v) is 13.6. The molecule has 23 heavy (non-hydrogen) atoms. The lowest BCUT2D eigenvalue weighted by Crippen LogP contribution is -2.24. The molecule has 3 nitrogen and oxygen atoms in total. The first-order valence-electron chi connectivity index (χ1n) is 7.38. The molecular weight excluding hydrogens is 302 g/mol. The van der Waals surface area contributed by atoms with Gasteiger partial charge >= 0.3 is 0 Å². The van der Waals surface area contributed by atoms with Crippen LogP contribution in [0.4, 0.5) is 5.69 Å². The molecule has 0 radical (unpaired) electrons. The molecule has 0 saturated carbocycles. The maximum atomic E-state index is 5.27. The molecule has 0 spiro atoms. The van der Waals surface area contributed by atoms with Crippen LogP contribution in [0.2, 0.25) is 0 Å². The smallest absolute Gasteiger partial charge is 0.191 e. The number of rotatable bonds is 3. The van der Waals surface area contributed by atoms with Crippen LogP contribution in [0.15, 0.2) is 77.9 Å². The molecule has 3 rings (SSSR count). The number of thiocarbonyl (C=S) groups is 1. The van der Waals surface area contributed by atoms with E-state index in [2.05, 4.69) is 40.1 Å². The standard InChI is InChI=1S/C19H17N3S/c1-14(17-13-7-9-15-8-5-6-12-18(15)17)21-22-19(23)20-16-10-3-2-4-11-16/h2-13H,1H3,(H2,20,22,23). The van der Waals surface area contributed by atoms with Crippen molar-refractivity contribution >= 4 is 39.5 Å². The maximum Gasteiger partial charge on any atom is 0.191 e. The van der Waals surface area contributed by atoms with Gasteiger partial charge < -0.3 is 5.32 Å². The van der Waals surface area contributed by atoms with Crippen LogP contribution < -0.4 is 10.7 Å². The Morgan fingerprint density at radius 1 is 0.870 bits per heavy atom. The summed E-state index contributed by atoms with van der Waals surface area (Å²) in [5.41, 5.74) is 5.82. The van der Waals surface area contributed by atoms with E-state index in [1.807, 2.05) is 55.5 Å². The average Bonchev–Trinajstić information content (AvgIpc) is 2.60. The lowest BCUT2D eigenvalue weighted by atomic mass is 10.0. The Morgan fingerprint density at radius 3 is 2.39 bits per heavy atom. The molecule has 0 saturated heterocycles. The molecule has 0 aliphatic rings. The fourth-order valence-electron chi connectivity index (χ4n) is 2.42. The summed E-state index contributed by atoms with van der Waals surface area (Å²) in [6, 6.07) is 24.3. The number of hydrogen-bond donors (Lipinski definition) is 2. The van der Waals surface area contributed by atoms with E-state index in [-0.39, 0.29) is 0 Å². The number of hydrogen-bond acceptors (Lipinski definition) is 2. The molecule has 2 N–H and O–H groups in total. The summed E-state index contributed by atoms with van der Waals surface area (Å²) in [6.07, 6.45) is 0. The van der Waals surface area contributed by atoms with E-state index >= 15 is 0 Å². The van der Waals surface area contributed by atoms with Crippen LogP contribution in [0.3, 0.4) is 0 Å². The minimum Gasteiger partial charge on any atom is -0.331 e. The van der Waals surface area contributed by atoms with Gasteiger partial charge in [0.15, 0.2) is 5.11 Å². The van der Waals surface area contributed by atoms with Crippen molar-refractivity contribution in [3.8, 4) is 0 Å². The molecule has 0 amide bonds. The lowest BCUT2D eigenvalue weighted by molar-refractivity contribution is 1.04. The molecular formula is C19H17N3S. The monoisotopic (exact) mass is 319 g/mol. The first kappa shape index (κ1) is 15.2. The summed E-state index contributed by atoms with van der Waals surface area (Å²) in [4.78, 5) is 0. The summed E-state index contributed by atoms with van der Waals surface area (Å²) in [5.74, 6) is 0. The molecule has 0 heterocycles. The Kier molecular flexibility index (Phi) is 4.64. The Bertz CT molecular complexity index is 851. The minimum absolute atomic E-state index is 0.468. The van der Waals surface area contributed by atoms with Crippen LogP contribution >= 0.6 is 12.2 Å². The van der Waals surface area contributed by atoms with Crippen molar-refractivity contribution in [1.82, 2.24) is 5.43 Å². The Hall–Kier alpha value is -2.72. The van der Waals surface area contributed by atoms with Gasteiger partial charge in [-0.25, -0.2) is 0 Å². The van der Waals surface area contributed by atoms with E-state index < -0.39 is 0 Å². The van der Waals surface area contributed by atoms with Gasteiger partial charge in [0.1, 0.15) is 0 Å². The second-order valence-corrected chi connectivity index (χ2v) is 5.56. The Morgan fingerprint density at radius 2 is 1.57 bits per heavy atom. The van der Waals surface area contributed by atoms with Crippen LogP contribution in [0.5, 0.6) is 0 Å². The van der Waals surface area contributed by atoms with Crippen molar-refractivity contribution in [2.24, 2.45) is 5.10 Å². The third kappa shape index (κ3) is 3.73. The van der Waals surface area contributed by atoms with Gasteiger partial charge in [-0.2, -0.15) is 5.10 Å². The first-order valence-corrected chi connectivity index (χ1v) is 7.79. The number of nitrogens with one attached hydrogen (secondary N) is 2. The van der Waals surface area contributed by atoms with Crippen molar-refractivity contribution in [3.05, 3.63) is 78.4 Å². The molecule has 0 unspecified atom stereocenters. The van der Waals surface area contributed by atoms with Gasteiger partial charge in [-0.3, -0.25) is 5.43 Å². The zero-order chi connectivity index (χ0) is 16.1. The topological polar surface area (TPSA) is 36.4 Å². The SMILES string of the molecule is CC(=NNC(=S)Nc1ccccc1)c1cccc2ccccc12. The van der Waals surface area contributed by atoms with Crippen LogP contribution in [0, 0.1) is 0 Å². The zero-order valence-electron chi connectivity index (χ0n) is 12.8. The van der Waals surface area contributed by atoms with Gasteiger partial charge in [-0.05, 0) is 42.0 Å². The van der Waals surface area contributed by atoms with E-state index in [0.29, 0.717) is 5.11 Å². The van der Waals surface area contributed by atoms with Crippen LogP contribution in [-0.4, -0.2) is 10.8 Å². The molecule has 0 bridgehead atoms. The number of para-hydroxylation sites is 1. The largest absolute Gasteiger partial charge is 0.331 e. The van der Waals surface area contributed by atoms with Gasteiger partial charge in [-0.15, -0.1) is 0 Å². The molecule has 114 valence electrons. The maximum absolute atomic E-state index is 5.27. The number of benzene rings is 3. The van der Waals surface area contributed by atoms with Crippen LogP contribution in [0.25, 0.3) is 10.8 Å². The summed E-state index contributed by atoms with van der Waals surface area (Å²) in [7, 11) is 0. The van der Waals surface area contributed by atoms with E-state index in [9.17, 15) is 0 Å². The van der Waals surface area contributed by atoms with E-state index in [1.165, 1.54) is 10.8 Å². The summed E-state index contributed by atoms with van der Waals surface area (Å²) in [6.45, 7) is 1.97. The average molecular weight is 319 g/mol. The lowest BCUT2D eigenvalue weighted by Gasteiger charge is -2.09. The van der Waals surface area contributed by atoms with Crippen molar-refractivity contribution in [3.63, 3.8) is 0 Å². The van der Waals surface area contributed by atoms with Gasteiger partial charge in [0.25, 0.3) is 0 Å². The highest BCUT2D eigenvalue weighted by molar-refractivity contribution is 7.80. The molecule has 0 atom stereocenters. The molecule has 4 heteroatoms. The fourth-order valence-corrected chi connectivity index (χ4v) is 2.58. The van der Waals surface area contributed by atoms with E-state index in [0.717, 1.165) is 17.0 Å². The third-order valence-electron chi connectivity index (χ3n) is 3.54. The van der Waals surface area contributed by atoms with Crippen LogP contribution in [0.1, 0.15) is 12.5 Å². The van der Waals surface area contributed by atoms with Crippen molar-refractivity contribution in [1.29, 1.82) is 0 Å². The third-order valence-corrected chi connectivity index (χ3v) is 3.73. The number of nitrogens with zero attached hydrogens (tertiary/aromatic N) is 1. The first-order chi connectivity index (χ1) is 11.2. The number of hydrazone groups is 1. The van der Waals surface area contributed by atoms with Gasteiger partial charge in [0, 0.05) is 11.3 Å². The predicted molar refractivity (Wildman–Crippen MR) is 102 cm³/mol. The molecule has 0 aliphatic heterocycles. The normalized spacial score (nSPS) is 11.3. The highest BCUT2D eigenvalue weighted by Crippen LogP contribution is 2.19. The molecule has 3 aromatic rings. The molecule has 0 aliphatic carbocycles. The van der Waals surface area contributed by atoms with Crippen molar-refractivity contribution in [2.45, 2.75) is 6.92 Å². The van der Waals surface area contributed by atoms with Crippen molar-refractivity contribution < 1.29 is 0 Å². The minimum atomic E-state index is 0.468. The Labute approximate surface area is 141 Å². The quantitative estimate of drug-likeness (QED) is 0.422. The number of fused-ring (bicyclic) bond motifs is 1. The summed E-state index contributed by atoms with van der Waals surface area (Å²) >= 11 is 5.27. The molecule has 3 aromatic carbocycles. The Balaban J connectivity index is 1.75. The molecule has 0 fully saturated rings. The van der Waals surface area contributed by atoms with Gasteiger partial charge in [-0.1, -0.05) is 60.7 Å². The predicted octanol–water partition coefficient (Wildman–Crippen LogP) is 4.55. The number of anilines is 1. The van der Waals surface area contributed by atoms with Crippen LogP contribution in [-0.2, 0) is 0 Å². The van der Waals surface area contributed by atoms with Gasteiger partial charge in [0.05, 0.1) is 5.71 Å². The highest BCUT2D eigenvalue weighted by Gasteiger charge is 2.04.